The van der Waals surface area contributed by atoms with Crippen LogP contribution in [-0.2, 0) is 6.18 Å². The molecule has 90 valence electrons. The van der Waals surface area contributed by atoms with Crippen molar-refractivity contribution >= 4 is 35.1 Å². The molecule has 0 bridgehead atoms. The summed E-state index contributed by atoms with van der Waals surface area (Å²) in [6, 6.07) is 2.23. The number of aromatic nitrogens is 3. The van der Waals surface area contributed by atoms with Crippen molar-refractivity contribution in [3.63, 3.8) is 0 Å². The minimum atomic E-state index is -4.38. The van der Waals surface area contributed by atoms with Crippen molar-refractivity contribution in [2.24, 2.45) is 0 Å². The number of halogens is 4. The molecule has 0 fully saturated rings. The second kappa shape index (κ2) is 4.79. The molecule has 0 amide bonds. The molecule has 0 aliphatic rings. The van der Waals surface area contributed by atoms with Crippen molar-refractivity contribution in [2.75, 3.05) is 0 Å². The Kier molecular flexibility index (Phi) is 3.55. The molecule has 0 saturated heterocycles. The van der Waals surface area contributed by atoms with Gasteiger partial charge in [0.15, 0.2) is 10.2 Å². The predicted octanol–water partition coefficient (Wildman–Crippen LogP) is 3.76. The lowest BCUT2D eigenvalue weighted by atomic mass is 10.3. The fourth-order valence-corrected chi connectivity index (χ4v) is 2.47. The Morgan fingerprint density at radius 3 is 2.47 bits per heavy atom. The third-order valence-corrected chi connectivity index (χ3v) is 3.73. The Labute approximate surface area is 107 Å². The van der Waals surface area contributed by atoms with Crippen LogP contribution in [-0.4, -0.2) is 13.7 Å². The summed E-state index contributed by atoms with van der Waals surface area (Å²) in [5.41, 5.74) is -0.788. The fraction of sp³-hybridized carbons (Fsp3) is 0.125. The van der Waals surface area contributed by atoms with Crippen molar-refractivity contribution in [1.82, 2.24) is 13.7 Å². The van der Waals surface area contributed by atoms with Gasteiger partial charge in [0.1, 0.15) is 5.03 Å². The number of alkyl halides is 3. The SMILES string of the molecule is FC(F)(F)c1ccc(Sc2nsnc2Cl)nc1. The van der Waals surface area contributed by atoms with E-state index in [0.717, 1.165) is 35.8 Å². The Balaban J connectivity index is 2.17. The average molecular weight is 298 g/mol. The highest BCUT2D eigenvalue weighted by Crippen LogP contribution is 2.33. The molecule has 17 heavy (non-hydrogen) atoms. The molecule has 2 aromatic rings. The molecule has 0 unspecified atom stereocenters. The summed E-state index contributed by atoms with van der Waals surface area (Å²) in [5.74, 6) is 0. The first-order valence-corrected chi connectivity index (χ1v) is 6.08. The predicted molar refractivity (Wildman–Crippen MR) is 58.3 cm³/mol. The van der Waals surface area contributed by atoms with Gasteiger partial charge in [0.2, 0.25) is 0 Å². The highest BCUT2D eigenvalue weighted by Gasteiger charge is 2.30. The van der Waals surface area contributed by atoms with Gasteiger partial charge in [-0.25, -0.2) is 4.98 Å². The third-order valence-electron chi connectivity index (χ3n) is 1.69. The first kappa shape index (κ1) is 12.6. The van der Waals surface area contributed by atoms with Crippen molar-refractivity contribution in [3.05, 3.63) is 29.0 Å². The molecule has 2 rings (SSSR count). The van der Waals surface area contributed by atoms with Gasteiger partial charge in [-0.3, -0.25) is 0 Å². The van der Waals surface area contributed by atoms with Gasteiger partial charge in [0, 0.05) is 6.20 Å². The van der Waals surface area contributed by atoms with E-state index in [0.29, 0.717) is 10.1 Å². The summed E-state index contributed by atoms with van der Waals surface area (Å²) in [6.45, 7) is 0. The van der Waals surface area contributed by atoms with Gasteiger partial charge in [-0.05, 0) is 23.9 Å². The molecule has 0 aromatic carbocycles. The molecular formula is C8H3ClF3N3S2. The van der Waals surface area contributed by atoms with Crippen molar-refractivity contribution in [2.45, 2.75) is 16.2 Å². The van der Waals surface area contributed by atoms with Crippen LogP contribution in [0.15, 0.2) is 28.4 Å². The van der Waals surface area contributed by atoms with Gasteiger partial charge >= 0.3 is 6.18 Å². The van der Waals surface area contributed by atoms with E-state index in [-0.39, 0.29) is 5.15 Å². The standard InChI is InChI=1S/C8H3ClF3N3S2/c9-6-7(15-17-14-6)16-5-2-1-4(3-13-5)8(10,11)12/h1-3H. The van der Waals surface area contributed by atoms with Gasteiger partial charge < -0.3 is 0 Å². The Morgan fingerprint density at radius 2 is 2.00 bits per heavy atom. The first-order chi connectivity index (χ1) is 7.97. The zero-order valence-corrected chi connectivity index (χ0v) is 10.3. The zero-order chi connectivity index (χ0) is 12.5. The lowest BCUT2D eigenvalue weighted by molar-refractivity contribution is -0.137. The van der Waals surface area contributed by atoms with Crippen LogP contribution in [0.3, 0.4) is 0 Å². The van der Waals surface area contributed by atoms with Crippen LogP contribution in [0.5, 0.6) is 0 Å². The van der Waals surface area contributed by atoms with Crippen LogP contribution in [0.25, 0.3) is 0 Å². The number of rotatable bonds is 2. The fourth-order valence-electron chi connectivity index (χ4n) is 0.938. The van der Waals surface area contributed by atoms with E-state index in [2.05, 4.69) is 13.7 Å². The summed E-state index contributed by atoms with van der Waals surface area (Å²) < 4.78 is 44.4. The summed E-state index contributed by atoms with van der Waals surface area (Å²) in [5, 5.41) is 1.04. The highest BCUT2D eigenvalue weighted by molar-refractivity contribution is 7.99. The van der Waals surface area contributed by atoms with Gasteiger partial charge in [-0.1, -0.05) is 11.6 Å². The number of pyridine rings is 1. The van der Waals surface area contributed by atoms with Crippen molar-refractivity contribution in [3.8, 4) is 0 Å². The summed E-state index contributed by atoms with van der Waals surface area (Å²) >= 11 is 7.70. The Morgan fingerprint density at radius 1 is 1.24 bits per heavy atom. The van der Waals surface area contributed by atoms with Crippen LogP contribution >= 0.6 is 35.1 Å². The molecule has 0 aliphatic carbocycles. The second-order valence-electron chi connectivity index (χ2n) is 2.85. The van der Waals surface area contributed by atoms with E-state index >= 15 is 0 Å². The molecule has 9 heteroatoms. The summed E-state index contributed by atoms with van der Waals surface area (Å²) in [4.78, 5) is 3.68. The normalized spacial score (nSPS) is 11.8. The summed E-state index contributed by atoms with van der Waals surface area (Å²) in [7, 11) is 0. The number of nitrogens with zero attached hydrogens (tertiary/aromatic N) is 3. The molecule has 0 atom stereocenters. The van der Waals surface area contributed by atoms with Crippen LogP contribution in [0.4, 0.5) is 13.2 Å². The minimum Gasteiger partial charge on any atom is -0.249 e. The molecular weight excluding hydrogens is 295 g/mol. The maximum atomic E-state index is 12.3. The maximum absolute atomic E-state index is 12.3. The third kappa shape index (κ3) is 3.08. The lowest BCUT2D eigenvalue weighted by Gasteiger charge is -2.05. The van der Waals surface area contributed by atoms with E-state index in [1.54, 1.807) is 0 Å². The van der Waals surface area contributed by atoms with Gasteiger partial charge in [0.25, 0.3) is 0 Å². The van der Waals surface area contributed by atoms with Gasteiger partial charge in [0.05, 0.1) is 17.3 Å². The quantitative estimate of drug-likeness (QED) is 0.846. The molecule has 0 saturated carbocycles. The number of hydrogen-bond acceptors (Lipinski definition) is 5. The van der Waals surface area contributed by atoms with Gasteiger partial charge in [-0.2, -0.15) is 21.9 Å². The van der Waals surface area contributed by atoms with E-state index in [1.165, 1.54) is 6.07 Å². The topological polar surface area (TPSA) is 38.7 Å². The van der Waals surface area contributed by atoms with E-state index in [9.17, 15) is 13.2 Å². The molecule has 2 aromatic heterocycles. The minimum absolute atomic E-state index is 0.224. The van der Waals surface area contributed by atoms with E-state index in [4.69, 9.17) is 11.6 Å². The van der Waals surface area contributed by atoms with Crippen LogP contribution in [0.1, 0.15) is 5.56 Å². The molecule has 0 aliphatic heterocycles. The Hall–Kier alpha value is -0.860. The molecule has 0 radical (unpaired) electrons. The molecule has 0 N–H and O–H groups in total. The molecule has 3 nitrogen and oxygen atoms in total. The second-order valence-corrected chi connectivity index (χ2v) is 4.74. The zero-order valence-electron chi connectivity index (χ0n) is 7.90. The average Bonchev–Trinajstić information content (AvgIpc) is 2.64. The largest absolute Gasteiger partial charge is 0.417 e. The smallest absolute Gasteiger partial charge is 0.249 e. The molecule has 0 spiro atoms. The summed E-state index contributed by atoms with van der Waals surface area (Å²) in [6.07, 6.45) is -3.61. The Bertz CT molecular complexity index is 511. The van der Waals surface area contributed by atoms with Gasteiger partial charge in [-0.15, -0.1) is 0 Å². The van der Waals surface area contributed by atoms with E-state index in [1.807, 2.05) is 0 Å². The maximum Gasteiger partial charge on any atom is 0.417 e. The lowest BCUT2D eigenvalue weighted by Crippen LogP contribution is -2.04. The highest BCUT2D eigenvalue weighted by atomic mass is 35.5. The number of hydrogen-bond donors (Lipinski definition) is 0. The first-order valence-electron chi connectivity index (χ1n) is 4.16. The molecule has 2 heterocycles. The van der Waals surface area contributed by atoms with Crippen LogP contribution in [0, 0.1) is 0 Å². The monoisotopic (exact) mass is 297 g/mol. The van der Waals surface area contributed by atoms with E-state index < -0.39 is 11.7 Å². The van der Waals surface area contributed by atoms with Crippen molar-refractivity contribution in [1.29, 1.82) is 0 Å². The van der Waals surface area contributed by atoms with Crippen LogP contribution in [0.2, 0.25) is 5.15 Å². The van der Waals surface area contributed by atoms with Crippen molar-refractivity contribution < 1.29 is 13.2 Å². The van der Waals surface area contributed by atoms with Crippen LogP contribution < -0.4 is 0 Å².